The smallest absolute Gasteiger partial charge is 0.302 e. The van der Waals surface area contributed by atoms with Gasteiger partial charge in [-0.3, -0.25) is 4.79 Å². The number of carbonyl (C=O) groups is 1. The van der Waals surface area contributed by atoms with Gasteiger partial charge in [-0.1, -0.05) is 25.5 Å². The van der Waals surface area contributed by atoms with E-state index in [4.69, 9.17) is 4.74 Å². The number of nitrogens with zero attached hydrogens (tertiary/aromatic N) is 1. The molecule has 3 nitrogen and oxygen atoms in total. The van der Waals surface area contributed by atoms with E-state index in [1.165, 1.54) is 32.6 Å². The molecule has 136 valence electrons. The minimum Gasteiger partial charge on any atom is -0.462 e. The van der Waals surface area contributed by atoms with E-state index in [1.54, 1.807) is 5.57 Å². The Bertz CT molecular complexity index is 647. The highest BCUT2D eigenvalue weighted by Gasteiger charge is 2.58. The minimum atomic E-state index is -0.148. The van der Waals surface area contributed by atoms with Gasteiger partial charge in [0.05, 0.1) is 12.0 Å². The zero-order chi connectivity index (χ0) is 17.8. The number of nitriles is 1. The number of allylic oxidation sites excluding steroid dienone is 1. The molecule has 3 heteroatoms. The van der Waals surface area contributed by atoms with E-state index in [0.29, 0.717) is 0 Å². The van der Waals surface area contributed by atoms with Gasteiger partial charge >= 0.3 is 5.97 Å². The Balaban J connectivity index is 1.59. The van der Waals surface area contributed by atoms with Crippen LogP contribution in [0.5, 0.6) is 0 Å². The molecule has 0 saturated heterocycles. The number of esters is 1. The Kier molecular flexibility index (Phi) is 4.02. The average molecular weight is 341 g/mol. The van der Waals surface area contributed by atoms with Gasteiger partial charge in [-0.15, -0.1) is 0 Å². The molecule has 3 saturated carbocycles. The summed E-state index contributed by atoms with van der Waals surface area (Å²) in [6.45, 7) is 6.39. The number of ether oxygens (including phenoxy) is 1. The van der Waals surface area contributed by atoms with Crippen molar-refractivity contribution in [1.29, 1.82) is 5.26 Å². The van der Waals surface area contributed by atoms with Crippen LogP contribution in [-0.4, -0.2) is 12.1 Å². The fraction of sp³-hybridized carbons (Fsp3) is 0.818. The van der Waals surface area contributed by atoms with Crippen molar-refractivity contribution < 1.29 is 9.53 Å². The third-order valence-corrected chi connectivity index (χ3v) is 8.55. The van der Waals surface area contributed by atoms with Crippen LogP contribution in [0.3, 0.4) is 0 Å². The van der Waals surface area contributed by atoms with Crippen LogP contribution >= 0.6 is 0 Å². The Morgan fingerprint density at radius 2 is 2.00 bits per heavy atom. The summed E-state index contributed by atoms with van der Waals surface area (Å²) in [5.41, 5.74) is 2.07. The molecule has 0 heterocycles. The standard InChI is InChI=1S/C22H31NO2/c1-14(24)25-17-8-10-21(2)15(12-17)4-6-18-19-7-5-16(13-23)22(19,3)11-9-20(18)21/h4,16-20H,5-12H2,1-3H3/t16-,17+,18-,19+,20-,21-,22+/m0/s1. The van der Waals surface area contributed by atoms with Crippen molar-refractivity contribution >= 4 is 5.97 Å². The van der Waals surface area contributed by atoms with Crippen molar-refractivity contribution in [3.63, 3.8) is 0 Å². The number of hydrogen-bond acceptors (Lipinski definition) is 3. The van der Waals surface area contributed by atoms with Gasteiger partial charge in [0, 0.05) is 13.3 Å². The molecule has 0 aliphatic heterocycles. The summed E-state index contributed by atoms with van der Waals surface area (Å²) < 4.78 is 5.52. The summed E-state index contributed by atoms with van der Waals surface area (Å²) in [5, 5.41) is 9.60. The maximum atomic E-state index is 11.3. The Morgan fingerprint density at radius 1 is 1.20 bits per heavy atom. The molecule has 0 radical (unpaired) electrons. The van der Waals surface area contributed by atoms with Crippen LogP contribution in [0.15, 0.2) is 11.6 Å². The Morgan fingerprint density at radius 3 is 2.72 bits per heavy atom. The summed E-state index contributed by atoms with van der Waals surface area (Å²) in [7, 11) is 0. The lowest BCUT2D eigenvalue weighted by atomic mass is 9.47. The Labute approximate surface area is 151 Å². The molecular formula is C22H31NO2. The summed E-state index contributed by atoms with van der Waals surface area (Å²) in [4.78, 5) is 11.3. The van der Waals surface area contributed by atoms with Crippen molar-refractivity contribution in [2.24, 2.45) is 34.5 Å². The molecule has 0 aromatic rings. The van der Waals surface area contributed by atoms with Gasteiger partial charge < -0.3 is 4.74 Å². The topological polar surface area (TPSA) is 50.1 Å². The van der Waals surface area contributed by atoms with Crippen LogP contribution in [0.2, 0.25) is 0 Å². The average Bonchev–Trinajstić information content (AvgIpc) is 2.91. The predicted molar refractivity (Wildman–Crippen MR) is 96.4 cm³/mol. The highest BCUT2D eigenvalue weighted by Crippen LogP contribution is 2.66. The molecule has 25 heavy (non-hydrogen) atoms. The molecule has 4 rings (SSSR count). The SMILES string of the molecule is CC(=O)O[C@@H]1CC[C@@]2(C)C(=CC[C@H]3[C@H]4CC[C@@H](C#N)[C@@]4(C)CC[C@@H]32)C1. The van der Waals surface area contributed by atoms with Crippen molar-refractivity contribution in [1.82, 2.24) is 0 Å². The molecule has 4 aliphatic rings. The molecule has 3 fully saturated rings. The molecule has 0 bridgehead atoms. The van der Waals surface area contributed by atoms with Gasteiger partial charge in [-0.2, -0.15) is 5.26 Å². The van der Waals surface area contributed by atoms with Crippen LogP contribution < -0.4 is 0 Å². The first-order valence-electron chi connectivity index (χ1n) is 10.1. The maximum absolute atomic E-state index is 11.3. The van der Waals surface area contributed by atoms with Crippen LogP contribution in [0.1, 0.15) is 72.1 Å². The zero-order valence-electron chi connectivity index (χ0n) is 15.9. The second kappa shape index (κ2) is 5.86. The normalized spacial score (nSPS) is 48.4. The quantitative estimate of drug-likeness (QED) is 0.497. The summed E-state index contributed by atoms with van der Waals surface area (Å²) in [6, 6.07) is 2.63. The largest absolute Gasteiger partial charge is 0.462 e. The molecule has 0 aromatic heterocycles. The van der Waals surface area contributed by atoms with E-state index in [-0.39, 0.29) is 28.8 Å². The van der Waals surface area contributed by atoms with Gasteiger partial charge in [0.15, 0.2) is 0 Å². The molecule has 0 aromatic carbocycles. The molecule has 0 unspecified atom stereocenters. The van der Waals surface area contributed by atoms with E-state index < -0.39 is 0 Å². The molecule has 7 atom stereocenters. The van der Waals surface area contributed by atoms with Gasteiger partial charge in [0.1, 0.15) is 6.10 Å². The number of fused-ring (bicyclic) bond motifs is 5. The highest BCUT2D eigenvalue weighted by atomic mass is 16.5. The molecule has 0 amide bonds. The van der Waals surface area contributed by atoms with Gasteiger partial charge in [0.2, 0.25) is 0 Å². The van der Waals surface area contributed by atoms with Gasteiger partial charge in [0.25, 0.3) is 0 Å². The molecule has 4 aliphatic carbocycles. The van der Waals surface area contributed by atoms with E-state index in [0.717, 1.165) is 43.4 Å². The van der Waals surface area contributed by atoms with Crippen molar-refractivity contribution in [2.45, 2.75) is 78.2 Å². The lowest BCUT2D eigenvalue weighted by Crippen LogP contribution is -2.50. The fourth-order valence-corrected chi connectivity index (χ4v) is 7.18. The third kappa shape index (κ3) is 2.47. The number of carbonyl (C=O) groups excluding carboxylic acids is 1. The van der Waals surface area contributed by atoms with Crippen LogP contribution in [0.25, 0.3) is 0 Å². The number of hydrogen-bond donors (Lipinski definition) is 0. The maximum Gasteiger partial charge on any atom is 0.302 e. The Hall–Kier alpha value is -1.30. The lowest BCUT2D eigenvalue weighted by molar-refractivity contribution is -0.148. The third-order valence-electron chi connectivity index (χ3n) is 8.55. The van der Waals surface area contributed by atoms with Crippen LogP contribution in [0.4, 0.5) is 0 Å². The minimum absolute atomic E-state index is 0.0803. The molecular weight excluding hydrogens is 310 g/mol. The predicted octanol–water partition coefficient (Wildman–Crippen LogP) is 5.02. The molecule has 0 spiro atoms. The van der Waals surface area contributed by atoms with E-state index in [1.807, 2.05) is 0 Å². The zero-order valence-corrected chi connectivity index (χ0v) is 15.9. The van der Waals surface area contributed by atoms with E-state index >= 15 is 0 Å². The van der Waals surface area contributed by atoms with Crippen molar-refractivity contribution in [3.05, 3.63) is 11.6 Å². The van der Waals surface area contributed by atoms with E-state index in [2.05, 4.69) is 26.0 Å². The second-order valence-electron chi connectivity index (χ2n) is 9.54. The van der Waals surface area contributed by atoms with Crippen molar-refractivity contribution in [2.75, 3.05) is 0 Å². The number of rotatable bonds is 1. The highest BCUT2D eigenvalue weighted by molar-refractivity contribution is 5.66. The summed E-state index contributed by atoms with van der Waals surface area (Å²) in [5.74, 6) is 2.33. The monoisotopic (exact) mass is 341 g/mol. The van der Waals surface area contributed by atoms with Crippen LogP contribution in [-0.2, 0) is 9.53 Å². The fourth-order valence-electron chi connectivity index (χ4n) is 7.18. The first kappa shape index (κ1) is 17.1. The summed E-state index contributed by atoms with van der Waals surface area (Å²) in [6.07, 6.45) is 11.6. The lowest BCUT2D eigenvalue weighted by Gasteiger charge is -2.57. The summed E-state index contributed by atoms with van der Waals surface area (Å²) >= 11 is 0. The second-order valence-corrected chi connectivity index (χ2v) is 9.54. The van der Waals surface area contributed by atoms with E-state index in [9.17, 15) is 10.1 Å². The first-order chi connectivity index (χ1) is 11.9. The first-order valence-corrected chi connectivity index (χ1v) is 10.1. The molecule has 0 N–H and O–H groups in total. The van der Waals surface area contributed by atoms with Gasteiger partial charge in [-0.25, -0.2) is 0 Å². The van der Waals surface area contributed by atoms with Crippen LogP contribution in [0, 0.1) is 45.8 Å². The van der Waals surface area contributed by atoms with Gasteiger partial charge in [-0.05, 0) is 73.5 Å². The van der Waals surface area contributed by atoms with Crippen molar-refractivity contribution in [3.8, 4) is 6.07 Å².